The molecule has 0 spiro atoms. The minimum atomic E-state index is -0.464. The molecule has 3 amide bonds. The Balaban J connectivity index is 1.35. The third-order valence-corrected chi connectivity index (χ3v) is 6.59. The van der Waals surface area contributed by atoms with Gasteiger partial charge in [-0.15, -0.1) is 0 Å². The second kappa shape index (κ2) is 9.92. The Hall–Kier alpha value is -3.58. The van der Waals surface area contributed by atoms with E-state index >= 15 is 0 Å². The number of aromatic nitrogens is 1. The number of hydrogen-bond donors (Lipinski definition) is 2. The number of nitriles is 1. The normalized spacial score (nSPS) is 15.6. The zero-order valence-electron chi connectivity index (χ0n) is 18.0. The van der Waals surface area contributed by atoms with Crippen LogP contribution in [0, 0.1) is 17.2 Å². The van der Waals surface area contributed by atoms with Crippen LogP contribution in [0.2, 0.25) is 0 Å². The molecule has 33 heavy (non-hydrogen) atoms. The first-order valence-electron chi connectivity index (χ1n) is 10.7. The van der Waals surface area contributed by atoms with Crippen LogP contribution in [0.3, 0.4) is 0 Å². The maximum absolute atomic E-state index is 12.7. The Bertz CT molecular complexity index is 1110. The van der Waals surface area contributed by atoms with Gasteiger partial charge in [-0.05, 0) is 31.0 Å². The number of nitrogen functional groups attached to an aromatic ring is 1. The number of nitrogens with one attached hydrogen (secondary N) is 1. The van der Waals surface area contributed by atoms with Crippen LogP contribution in [0.4, 0.5) is 11.5 Å². The lowest BCUT2D eigenvalue weighted by molar-refractivity contribution is -0.139. The first-order chi connectivity index (χ1) is 16.0. The molecule has 1 aliphatic heterocycles. The third kappa shape index (κ3) is 5.43. The van der Waals surface area contributed by atoms with Gasteiger partial charge < -0.3 is 20.9 Å². The van der Waals surface area contributed by atoms with Gasteiger partial charge in [-0.25, -0.2) is 4.98 Å². The summed E-state index contributed by atoms with van der Waals surface area (Å²) in [5.74, 6) is -0.0901. The largest absolute Gasteiger partial charge is 0.383 e. The summed E-state index contributed by atoms with van der Waals surface area (Å²) < 4.78 is 0. The van der Waals surface area contributed by atoms with E-state index in [9.17, 15) is 19.6 Å². The SMILES string of the molecule is N#Cc1cc(C(=O)Nc2ccccc2)c(N)nc1SCC(=O)N1CCN(C(=O)C2CC2)CC1. The molecule has 10 heteroatoms. The predicted molar refractivity (Wildman–Crippen MR) is 124 cm³/mol. The summed E-state index contributed by atoms with van der Waals surface area (Å²) in [4.78, 5) is 45.2. The Morgan fingerprint density at radius 2 is 1.79 bits per heavy atom. The molecular formula is C23H24N6O3S. The van der Waals surface area contributed by atoms with Crippen molar-refractivity contribution in [2.24, 2.45) is 5.92 Å². The minimum absolute atomic E-state index is 0.00965. The summed E-state index contributed by atoms with van der Waals surface area (Å²) in [6.45, 7) is 2.09. The number of carbonyl (C=O) groups is 3. The van der Waals surface area contributed by atoms with Crippen molar-refractivity contribution in [3.05, 3.63) is 47.5 Å². The Morgan fingerprint density at radius 3 is 2.42 bits per heavy atom. The second-order valence-electron chi connectivity index (χ2n) is 7.97. The van der Waals surface area contributed by atoms with Gasteiger partial charge in [0.25, 0.3) is 5.91 Å². The summed E-state index contributed by atoms with van der Waals surface area (Å²) in [5, 5.41) is 12.6. The number of benzene rings is 1. The summed E-state index contributed by atoms with van der Waals surface area (Å²) in [5.41, 5.74) is 6.87. The minimum Gasteiger partial charge on any atom is -0.383 e. The lowest BCUT2D eigenvalue weighted by atomic mass is 10.2. The van der Waals surface area contributed by atoms with Gasteiger partial charge in [-0.2, -0.15) is 5.26 Å². The van der Waals surface area contributed by atoms with Crippen molar-refractivity contribution in [1.29, 1.82) is 5.26 Å². The van der Waals surface area contributed by atoms with Crippen LogP contribution in [0.1, 0.15) is 28.8 Å². The molecule has 1 saturated carbocycles. The van der Waals surface area contributed by atoms with Gasteiger partial charge in [0.2, 0.25) is 11.8 Å². The standard InChI is InChI=1S/C23H24N6O3S/c24-13-16-12-18(21(31)26-17-4-2-1-3-5-17)20(25)27-22(16)33-14-19(30)28-8-10-29(11-9-28)23(32)15-6-7-15/h1-5,12,15H,6-11,14H2,(H2,25,27)(H,26,31). The van der Waals surface area contributed by atoms with Crippen LogP contribution in [0.15, 0.2) is 41.4 Å². The Labute approximate surface area is 195 Å². The van der Waals surface area contributed by atoms with Crippen LogP contribution in [0.25, 0.3) is 0 Å². The van der Waals surface area contributed by atoms with Crippen molar-refractivity contribution in [2.75, 3.05) is 43.0 Å². The number of amides is 3. The number of thioether (sulfide) groups is 1. The number of carbonyl (C=O) groups excluding carboxylic acids is 3. The molecule has 0 atom stereocenters. The van der Waals surface area contributed by atoms with Crippen LogP contribution in [0.5, 0.6) is 0 Å². The molecular weight excluding hydrogens is 440 g/mol. The molecule has 1 aliphatic carbocycles. The molecule has 3 N–H and O–H groups in total. The van der Waals surface area contributed by atoms with Crippen molar-refractivity contribution in [3.8, 4) is 6.07 Å². The van der Waals surface area contributed by atoms with Gasteiger partial charge in [0.15, 0.2) is 0 Å². The first-order valence-corrected chi connectivity index (χ1v) is 11.7. The van der Waals surface area contributed by atoms with Crippen molar-refractivity contribution in [3.63, 3.8) is 0 Å². The number of para-hydroxylation sites is 1. The Morgan fingerprint density at radius 1 is 1.12 bits per heavy atom. The number of nitrogens with two attached hydrogens (primary N) is 1. The molecule has 2 heterocycles. The molecule has 0 unspecified atom stereocenters. The number of rotatable bonds is 6. The number of pyridine rings is 1. The van der Waals surface area contributed by atoms with Crippen LogP contribution in [-0.4, -0.2) is 64.4 Å². The lowest BCUT2D eigenvalue weighted by Gasteiger charge is -2.34. The van der Waals surface area contributed by atoms with Crippen molar-refractivity contribution >= 4 is 41.0 Å². The van der Waals surface area contributed by atoms with E-state index in [-0.39, 0.29) is 40.4 Å². The topological polar surface area (TPSA) is 132 Å². The van der Waals surface area contributed by atoms with Gasteiger partial charge in [0, 0.05) is 37.8 Å². The number of hydrogen-bond acceptors (Lipinski definition) is 7. The molecule has 2 aliphatic rings. The van der Waals surface area contributed by atoms with Crippen molar-refractivity contribution < 1.29 is 14.4 Å². The fourth-order valence-corrected chi connectivity index (χ4v) is 4.45. The molecule has 1 aromatic carbocycles. The highest BCUT2D eigenvalue weighted by Crippen LogP contribution is 2.31. The van der Waals surface area contributed by atoms with Crippen LogP contribution >= 0.6 is 11.8 Å². The van der Waals surface area contributed by atoms with E-state index in [0.29, 0.717) is 36.9 Å². The zero-order valence-corrected chi connectivity index (χ0v) is 18.8. The van der Waals surface area contributed by atoms with Gasteiger partial charge >= 0.3 is 0 Å². The van der Waals surface area contributed by atoms with E-state index in [4.69, 9.17) is 5.73 Å². The third-order valence-electron chi connectivity index (χ3n) is 5.62. The smallest absolute Gasteiger partial charge is 0.259 e. The summed E-state index contributed by atoms with van der Waals surface area (Å²) >= 11 is 1.12. The fourth-order valence-electron chi connectivity index (χ4n) is 3.59. The van der Waals surface area contributed by atoms with Gasteiger partial charge in [0.1, 0.15) is 16.9 Å². The molecule has 9 nitrogen and oxygen atoms in total. The average Bonchev–Trinajstić information content (AvgIpc) is 3.68. The highest BCUT2D eigenvalue weighted by atomic mass is 32.2. The molecule has 4 rings (SSSR count). The average molecular weight is 465 g/mol. The van der Waals surface area contributed by atoms with Gasteiger partial charge in [-0.3, -0.25) is 14.4 Å². The quantitative estimate of drug-likeness (QED) is 0.625. The maximum Gasteiger partial charge on any atom is 0.259 e. The molecule has 0 bridgehead atoms. The number of nitrogens with zero attached hydrogens (tertiary/aromatic N) is 4. The number of anilines is 2. The van der Waals surface area contributed by atoms with Crippen LogP contribution in [-0.2, 0) is 9.59 Å². The highest BCUT2D eigenvalue weighted by molar-refractivity contribution is 8.00. The molecule has 1 saturated heterocycles. The predicted octanol–water partition coefficient (Wildman–Crippen LogP) is 1.96. The molecule has 2 fully saturated rings. The van der Waals surface area contributed by atoms with E-state index in [1.54, 1.807) is 29.2 Å². The molecule has 1 aromatic heterocycles. The monoisotopic (exact) mass is 464 g/mol. The summed E-state index contributed by atoms with van der Waals surface area (Å²) in [7, 11) is 0. The zero-order chi connectivity index (χ0) is 23.4. The molecule has 170 valence electrons. The van der Waals surface area contributed by atoms with Crippen molar-refractivity contribution in [2.45, 2.75) is 17.9 Å². The van der Waals surface area contributed by atoms with E-state index in [2.05, 4.69) is 10.3 Å². The van der Waals surface area contributed by atoms with Gasteiger partial charge in [-0.1, -0.05) is 30.0 Å². The molecule has 2 aromatic rings. The molecule has 0 radical (unpaired) electrons. The van der Waals surface area contributed by atoms with Gasteiger partial charge in [0.05, 0.1) is 16.9 Å². The summed E-state index contributed by atoms with van der Waals surface area (Å²) in [6.07, 6.45) is 1.94. The van der Waals surface area contributed by atoms with E-state index < -0.39 is 5.91 Å². The summed E-state index contributed by atoms with van der Waals surface area (Å²) in [6, 6.07) is 12.3. The van der Waals surface area contributed by atoms with Crippen molar-refractivity contribution in [1.82, 2.24) is 14.8 Å². The fraction of sp³-hybridized carbons (Fsp3) is 0.348. The van der Waals surface area contributed by atoms with E-state index in [1.165, 1.54) is 6.07 Å². The second-order valence-corrected chi connectivity index (χ2v) is 8.94. The maximum atomic E-state index is 12.7. The number of piperazine rings is 1. The van der Waals surface area contributed by atoms with E-state index in [0.717, 1.165) is 24.6 Å². The lowest BCUT2D eigenvalue weighted by Crippen LogP contribution is -2.51. The van der Waals surface area contributed by atoms with E-state index in [1.807, 2.05) is 17.0 Å². The van der Waals surface area contributed by atoms with Crippen LogP contribution < -0.4 is 11.1 Å². The Kier molecular flexibility index (Phi) is 6.79. The first kappa shape index (κ1) is 22.6. The highest BCUT2D eigenvalue weighted by Gasteiger charge is 2.35.